The highest BCUT2D eigenvalue weighted by Crippen LogP contribution is 2.47. The summed E-state index contributed by atoms with van der Waals surface area (Å²) in [6, 6.07) is 12.5. The average molecular weight is 577 g/mol. The van der Waals surface area contributed by atoms with E-state index in [0.717, 1.165) is 22.4 Å². The molecule has 2 heterocycles. The van der Waals surface area contributed by atoms with Crippen molar-refractivity contribution in [3.63, 3.8) is 0 Å². The molecule has 1 saturated heterocycles. The van der Waals surface area contributed by atoms with Crippen LogP contribution in [0.4, 0.5) is 0 Å². The third kappa shape index (κ3) is 7.14. The highest BCUT2D eigenvalue weighted by molar-refractivity contribution is 6.05. The number of aliphatic carboxylic acids is 1. The van der Waals surface area contributed by atoms with Gasteiger partial charge in [-0.05, 0) is 85.6 Å². The fraction of sp³-hybridized carbons (Fsp3) is 0.455. The summed E-state index contributed by atoms with van der Waals surface area (Å²) < 4.78 is 0. The molecule has 0 radical (unpaired) electrons. The SMILES string of the molecule is CCC1=C([C@H](O)CC/C(=C/c2cccc(O)c2)c2ccccn2)[C@H](CO)[C@@H]2C(=O)N(CCCCCC(=O)O)C(=O)[C@@H]2C1. The van der Waals surface area contributed by atoms with Gasteiger partial charge in [-0.3, -0.25) is 24.3 Å². The van der Waals surface area contributed by atoms with Crippen LogP contribution >= 0.6 is 0 Å². The minimum absolute atomic E-state index is 0.0514. The van der Waals surface area contributed by atoms with Gasteiger partial charge in [0.1, 0.15) is 5.75 Å². The Hall–Kier alpha value is -3.82. The lowest BCUT2D eigenvalue weighted by Crippen LogP contribution is -2.39. The summed E-state index contributed by atoms with van der Waals surface area (Å²) in [5, 5.41) is 40.8. The van der Waals surface area contributed by atoms with Gasteiger partial charge >= 0.3 is 5.97 Å². The molecule has 9 nitrogen and oxygen atoms in total. The molecule has 1 aromatic heterocycles. The molecule has 1 fully saturated rings. The van der Waals surface area contributed by atoms with Gasteiger partial charge in [-0.2, -0.15) is 0 Å². The zero-order valence-corrected chi connectivity index (χ0v) is 24.0. The van der Waals surface area contributed by atoms with E-state index in [-0.39, 0.29) is 37.1 Å². The number of carbonyl (C=O) groups excluding carboxylic acids is 2. The van der Waals surface area contributed by atoms with Crippen LogP contribution in [-0.2, 0) is 14.4 Å². The number of allylic oxidation sites excluding steroid dienone is 2. The van der Waals surface area contributed by atoms with Gasteiger partial charge in [-0.25, -0.2) is 0 Å². The van der Waals surface area contributed by atoms with Crippen molar-refractivity contribution in [3.05, 3.63) is 71.1 Å². The number of amides is 2. The molecular weight excluding hydrogens is 536 g/mol. The van der Waals surface area contributed by atoms with E-state index in [1.807, 2.05) is 37.3 Å². The quantitative estimate of drug-likeness (QED) is 0.147. The van der Waals surface area contributed by atoms with Gasteiger partial charge in [0.05, 0.1) is 30.2 Å². The molecule has 2 aromatic rings. The van der Waals surface area contributed by atoms with E-state index in [0.29, 0.717) is 50.5 Å². The summed E-state index contributed by atoms with van der Waals surface area (Å²) in [6.07, 6.45) is 6.10. The molecule has 0 saturated carbocycles. The normalized spacial score (nSPS) is 21.5. The van der Waals surface area contributed by atoms with Crippen molar-refractivity contribution in [3.8, 4) is 5.75 Å². The van der Waals surface area contributed by atoms with E-state index in [9.17, 15) is 29.7 Å². The van der Waals surface area contributed by atoms with Crippen molar-refractivity contribution >= 4 is 29.4 Å². The second-order valence-corrected chi connectivity index (χ2v) is 11.1. The predicted octanol–water partition coefficient (Wildman–Crippen LogP) is 4.43. The average Bonchev–Trinajstić information content (AvgIpc) is 3.22. The number of carbonyl (C=O) groups is 3. The van der Waals surface area contributed by atoms with Gasteiger partial charge in [0.25, 0.3) is 0 Å². The first-order chi connectivity index (χ1) is 20.2. The number of nitrogens with zero attached hydrogens (tertiary/aromatic N) is 2. The van der Waals surface area contributed by atoms with Gasteiger partial charge in [-0.1, -0.05) is 37.1 Å². The Bertz CT molecular complexity index is 1340. The van der Waals surface area contributed by atoms with Crippen LogP contribution in [0.5, 0.6) is 5.75 Å². The number of carboxylic acids is 1. The van der Waals surface area contributed by atoms with Crippen LogP contribution in [0.25, 0.3) is 11.6 Å². The number of carboxylic acid groups (broad SMARTS) is 1. The first kappa shape index (κ1) is 31.1. The third-order valence-electron chi connectivity index (χ3n) is 8.42. The van der Waals surface area contributed by atoms with Gasteiger partial charge in [0.2, 0.25) is 11.8 Å². The van der Waals surface area contributed by atoms with Gasteiger partial charge < -0.3 is 20.4 Å². The highest BCUT2D eigenvalue weighted by Gasteiger charge is 2.54. The largest absolute Gasteiger partial charge is 0.508 e. The van der Waals surface area contributed by atoms with Crippen molar-refractivity contribution in [2.75, 3.05) is 13.2 Å². The van der Waals surface area contributed by atoms with Gasteiger partial charge in [0.15, 0.2) is 0 Å². The lowest BCUT2D eigenvalue weighted by Gasteiger charge is -2.36. The van der Waals surface area contributed by atoms with E-state index in [4.69, 9.17) is 5.11 Å². The number of aromatic hydroxyl groups is 1. The maximum Gasteiger partial charge on any atom is 0.303 e. The van der Waals surface area contributed by atoms with Crippen molar-refractivity contribution in [2.24, 2.45) is 17.8 Å². The fourth-order valence-electron chi connectivity index (χ4n) is 6.40. The molecule has 2 amide bonds. The van der Waals surface area contributed by atoms with Crippen LogP contribution < -0.4 is 0 Å². The predicted molar refractivity (Wildman–Crippen MR) is 158 cm³/mol. The van der Waals surface area contributed by atoms with E-state index in [2.05, 4.69) is 4.98 Å². The number of phenols is 1. The summed E-state index contributed by atoms with van der Waals surface area (Å²) in [7, 11) is 0. The summed E-state index contributed by atoms with van der Waals surface area (Å²) >= 11 is 0. The number of aromatic nitrogens is 1. The smallest absolute Gasteiger partial charge is 0.303 e. The molecule has 42 heavy (non-hydrogen) atoms. The topological polar surface area (TPSA) is 148 Å². The minimum atomic E-state index is -0.928. The van der Waals surface area contributed by atoms with E-state index in [1.165, 1.54) is 4.90 Å². The zero-order valence-electron chi connectivity index (χ0n) is 24.0. The molecule has 4 rings (SSSR count). The number of benzene rings is 1. The van der Waals surface area contributed by atoms with Crippen LogP contribution in [0.2, 0.25) is 0 Å². The van der Waals surface area contributed by atoms with Crippen molar-refractivity contribution in [1.82, 2.24) is 9.88 Å². The third-order valence-corrected chi connectivity index (χ3v) is 8.42. The number of phenolic OH excluding ortho intramolecular Hbond substituents is 1. The van der Waals surface area contributed by atoms with Crippen molar-refractivity contribution in [1.29, 1.82) is 0 Å². The first-order valence-electron chi connectivity index (χ1n) is 14.7. The molecule has 2 aliphatic rings. The Morgan fingerprint density at radius 3 is 2.57 bits per heavy atom. The maximum absolute atomic E-state index is 13.5. The van der Waals surface area contributed by atoms with Gasteiger partial charge in [0, 0.05) is 25.1 Å². The standard InChI is InChI=1S/C33H40N2O7/c1-2-22-19-25-31(33(42)35(32(25)41)16-7-3-4-12-29(39)40)26(20-36)30(22)28(38)14-13-23(27-11-5-6-15-34-27)17-21-9-8-10-24(37)18-21/h5-6,8-11,15,17-18,25-26,28,31,36-38H,2-4,7,12-14,16,19-20H2,1H3,(H,39,40)/b23-17-/t25-,26+,28-,31-/m1/s1. The van der Waals surface area contributed by atoms with Crippen LogP contribution in [0.1, 0.15) is 69.5 Å². The number of imide groups is 1. The Morgan fingerprint density at radius 1 is 1.10 bits per heavy atom. The van der Waals surface area contributed by atoms with Crippen LogP contribution in [0.15, 0.2) is 59.8 Å². The molecule has 1 aromatic carbocycles. The van der Waals surface area contributed by atoms with Crippen LogP contribution in [-0.4, -0.2) is 67.3 Å². The number of pyridine rings is 1. The molecule has 1 aliphatic heterocycles. The number of fused-ring (bicyclic) bond motifs is 1. The lowest BCUT2D eigenvalue weighted by molar-refractivity contribution is -0.141. The molecular formula is C33H40N2O7. The van der Waals surface area contributed by atoms with E-state index < -0.39 is 29.8 Å². The Balaban J connectivity index is 1.52. The number of aliphatic hydroxyl groups excluding tert-OH is 2. The first-order valence-corrected chi connectivity index (χ1v) is 14.7. The molecule has 0 unspecified atom stereocenters. The summed E-state index contributed by atoms with van der Waals surface area (Å²) in [5.74, 6) is -3.22. The lowest BCUT2D eigenvalue weighted by atomic mass is 9.67. The molecule has 0 bridgehead atoms. The monoisotopic (exact) mass is 576 g/mol. The summed E-state index contributed by atoms with van der Waals surface area (Å²) in [5.41, 5.74) is 3.97. The summed E-state index contributed by atoms with van der Waals surface area (Å²) in [6.45, 7) is 1.84. The number of unbranched alkanes of at least 4 members (excludes halogenated alkanes) is 2. The summed E-state index contributed by atoms with van der Waals surface area (Å²) in [4.78, 5) is 43.3. The van der Waals surface area contributed by atoms with E-state index in [1.54, 1.807) is 24.4 Å². The number of hydrogen-bond donors (Lipinski definition) is 4. The Morgan fingerprint density at radius 2 is 1.90 bits per heavy atom. The van der Waals surface area contributed by atoms with Crippen LogP contribution in [0, 0.1) is 17.8 Å². The van der Waals surface area contributed by atoms with E-state index >= 15 is 0 Å². The zero-order chi connectivity index (χ0) is 30.2. The van der Waals surface area contributed by atoms with Gasteiger partial charge in [-0.15, -0.1) is 0 Å². The molecule has 9 heteroatoms. The molecule has 0 spiro atoms. The molecule has 1 aliphatic carbocycles. The number of aliphatic hydroxyl groups is 2. The molecule has 4 N–H and O–H groups in total. The second-order valence-electron chi connectivity index (χ2n) is 11.1. The molecule has 4 atom stereocenters. The Labute approximate surface area is 246 Å². The number of hydrogen-bond acceptors (Lipinski definition) is 7. The minimum Gasteiger partial charge on any atom is -0.508 e. The fourth-order valence-corrected chi connectivity index (χ4v) is 6.40. The highest BCUT2D eigenvalue weighted by atomic mass is 16.4. The second kappa shape index (κ2) is 14.4. The maximum atomic E-state index is 13.5. The number of likely N-dealkylation sites (tertiary alicyclic amines) is 1. The van der Waals surface area contributed by atoms with Crippen molar-refractivity contribution < 1.29 is 34.8 Å². The van der Waals surface area contributed by atoms with Crippen molar-refractivity contribution in [2.45, 2.75) is 64.4 Å². The van der Waals surface area contributed by atoms with Crippen LogP contribution in [0.3, 0.4) is 0 Å². The number of rotatable bonds is 14. The Kier molecular flexibility index (Phi) is 10.7. The molecule has 224 valence electrons.